The number of hydrogen-bond donors (Lipinski definition) is 1. The fourth-order valence-electron chi connectivity index (χ4n) is 3.09. The Morgan fingerprint density at radius 1 is 1.25 bits per heavy atom. The van der Waals surface area contributed by atoms with Crippen LogP contribution in [0.5, 0.6) is 0 Å². The Balaban J connectivity index is 2.22. The number of hydrogen-bond acceptors (Lipinski definition) is 5. The third kappa shape index (κ3) is 3.72. The fraction of sp³-hybridized carbons (Fsp3) is 0.450. The molecule has 150 valence electrons. The molecule has 0 aliphatic rings. The number of nitrogens with one attached hydrogen (secondary N) is 1. The van der Waals surface area contributed by atoms with Crippen molar-refractivity contribution in [1.29, 1.82) is 0 Å². The van der Waals surface area contributed by atoms with Gasteiger partial charge < -0.3 is 9.12 Å². The second-order valence-corrected chi connectivity index (χ2v) is 10.2. The van der Waals surface area contributed by atoms with Crippen molar-refractivity contribution in [3.63, 3.8) is 0 Å². The molecule has 2 atom stereocenters. The van der Waals surface area contributed by atoms with E-state index >= 15 is 0 Å². The van der Waals surface area contributed by atoms with Crippen LogP contribution in [0.2, 0.25) is 0 Å². The van der Waals surface area contributed by atoms with E-state index in [-0.39, 0.29) is 11.6 Å². The Kier molecular flexibility index (Phi) is 5.40. The lowest BCUT2D eigenvalue weighted by molar-refractivity contribution is 0.531. The first-order valence-electron chi connectivity index (χ1n) is 9.16. The van der Waals surface area contributed by atoms with Gasteiger partial charge in [-0.25, -0.2) is 9.97 Å². The van der Waals surface area contributed by atoms with Crippen LogP contribution in [0.3, 0.4) is 0 Å². The van der Waals surface area contributed by atoms with E-state index in [9.17, 15) is 9.35 Å². The topological polar surface area (TPSA) is 87.8 Å². The molecule has 3 rings (SSSR count). The van der Waals surface area contributed by atoms with Crippen LogP contribution in [-0.4, -0.2) is 28.4 Å². The molecular weight excluding hydrogens is 374 g/mol. The van der Waals surface area contributed by atoms with Crippen LogP contribution >= 0.6 is 0 Å². The third-order valence-corrected chi connectivity index (χ3v) is 6.39. The van der Waals surface area contributed by atoms with E-state index in [1.54, 1.807) is 24.1 Å². The minimum absolute atomic E-state index is 0.115. The molecule has 28 heavy (non-hydrogen) atoms. The van der Waals surface area contributed by atoms with Crippen molar-refractivity contribution in [3.05, 3.63) is 46.1 Å². The van der Waals surface area contributed by atoms with E-state index in [1.165, 1.54) is 0 Å². The van der Waals surface area contributed by atoms with E-state index in [1.807, 2.05) is 58.4 Å². The number of aryl methyl sites for hydroxylation is 2. The SMILES string of the molecule is Cc1cc([C@@H](C)N[S@+]([O-])C(C)(C)C)c2nc(-c3cncn3C)n(C)c(=O)c2c1. The second-order valence-electron chi connectivity index (χ2n) is 8.16. The number of nitrogens with zero attached hydrogens (tertiary/aromatic N) is 4. The summed E-state index contributed by atoms with van der Waals surface area (Å²) in [5, 5.41) is 0.554. The van der Waals surface area contributed by atoms with Gasteiger partial charge in [-0.15, -0.1) is 4.72 Å². The van der Waals surface area contributed by atoms with Crippen molar-refractivity contribution in [1.82, 2.24) is 23.8 Å². The van der Waals surface area contributed by atoms with Gasteiger partial charge in [-0.05, 0) is 46.2 Å². The van der Waals surface area contributed by atoms with E-state index < -0.39 is 16.1 Å². The average molecular weight is 402 g/mol. The number of benzene rings is 1. The molecule has 3 aromatic rings. The predicted molar refractivity (Wildman–Crippen MR) is 113 cm³/mol. The van der Waals surface area contributed by atoms with Gasteiger partial charge in [0, 0.05) is 31.0 Å². The first-order chi connectivity index (χ1) is 13.0. The zero-order valence-electron chi connectivity index (χ0n) is 17.4. The van der Waals surface area contributed by atoms with Crippen molar-refractivity contribution in [2.75, 3.05) is 0 Å². The third-order valence-electron chi connectivity index (χ3n) is 4.71. The van der Waals surface area contributed by atoms with Gasteiger partial charge in [-0.2, -0.15) is 0 Å². The minimum atomic E-state index is -1.24. The predicted octanol–water partition coefficient (Wildman–Crippen LogP) is 2.76. The van der Waals surface area contributed by atoms with Gasteiger partial charge in [0.1, 0.15) is 10.4 Å². The lowest BCUT2D eigenvalue weighted by atomic mass is 10.0. The Morgan fingerprint density at radius 3 is 2.50 bits per heavy atom. The van der Waals surface area contributed by atoms with Crippen LogP contribution in [0.25, 0.3) is 22.4 Å². The lowest BCUT2D eigenvalue weighted by Gasteiger charge is -2.27. The summed E-state index contributed by atoms with van der Waals surface area (Å²) in [6.07, 6.45) is 3.37. The zero-order chi connectivity index (χ0) is 20.8. The average Bonchev–Trinajstić information content (AvgIpc) is 3.02. The second kappa shape index (κ2) is 7.35. The highest BCUT2D eigenvalue weighted by molar-refractivity contribution is 7.90. The monoisotopic (exact) mass is 401 g/mol. The number of imidazole rings is 1. The van der Waals surface area contributed by atoms with Gasteiger partial charge in [0.25, 0.3) is 5.56 Å². The smallest absolute Gasteiger partial charge is 0.261 e. The summed E-state index contributed by atoms with van der Waals surface area (Å²) in [6, 6.07) is 3.62. The highest BCUT2D eigenvalue weighted by Gasteiger charge is 2.29. The van der Waals surface area contributed by atoms with Gasteiger partial charge >= 0.3 is 0 Å². The van der Waals surface area contributed by atoms with Crippen LogP contribution in [0.15, 0.2) is 29.5 Å². The largest absolute Gasteiger partial charge is 0.598 e. The highest BCUT2D eigenvalue weighted by Crippen LogP contribution is 2.27. The van der Waals surface area contributed by atoms with Gasteiger partial charge in [-0.3, -0.25) is 9.36 Å². The van der Waals surface area contributed by atoms with Crippen molar-refractivity contribution in [3.8, 4) is 11.5 Å². The molecule has 8 heteroatoms. The summed E-state index contributed by atoms with van der Waals surface area (Å²) >= 11 is -1.24. The normalized spacial score (nSPS) is 14.4. The van der Waals surface area contributed by atoms with Gasteiger partial charge in [0.05, 0.1) is 29.5 Å². The summed E-state index contributed by atoms with van der Waals surface area (Å²) in [7, 11) is 3.58. The van der Waals surface area contributed by atoms with Crippen LogP contribution in [0.1, 0.15) is 44.9 Å². The molecule has 0 aliphatic carbocycles. The summed E-state index contributed by atoms with van der Waals surface area (Å²) in [5.41, 5.74) is 3.08. The first kappa shape index (κ1) is 20.6. The lowest BCUT2D eigenvalue weighted by Crippen LogP contribution is -2.40. The quantitative estimate of drug-likeness (QED) is 0.679. The molecule has 0 fully saturated rings. The fourth-order valence-corrected chi connectivity index (χ4v) is 3.89. The summed E-state index contributed by atoms with van der Waals surface area (Å²) in [6.45, 7) is 9.66. The molecule has 0 radical (unpaired) electrons. The van der Waals surface area contributed by atoms with E-state index in [0.717, 1.165) is 16.8 Å². The molecule has 0 saturated heterocycles. The summed E-state index contributed by atoms with van der Waals surface area (Å²) < 4.78 is 18.7. The molecule has 0 amide bonds. The molecule has 0 aliphatic heterocycles. The summed E-state index contributed by atoms with van der Waals surface area (Å²) in [4.78, 5) is 22.1. The minimum Gasteiger partial charge on any atom is -0.598 e. The van der Waals surface area contributed by atoms with Gasteiger partial charge in [0.15, 0.2) is 5.82 Å². The van der Waals surface area contributed by atoms with Crippen LogP contribution in [0, 0.1) is 6.92 Å². The highest BCUT2D eigenvalue weighted by atomic mass is 32.2. The van der Waals surface area contributed by atoms with Crippen molar-refractivity contribution >= 4 is 22.3 Å². The Morgan fingerprint density at radius 2 is 1.93 bits per heavy atom. The van der Waals surface area contributed by atoms with E-state index in [4.69, 9.17) is 4.98 Å². The molecule has 2 aromatic heterocycles. The van der Waals surface area contributed by atoms with Crippen LogP contribution < -0.4 is 10.3 Å². The molecule has 0 spiro atoms. The maximum atomic E-state index is 13.1. The molecule has 0 saturated carbocycles. The van der Waals surface area contributed by atoms with Crippen LogP contribution in [-0.2, 0) is 25.5 Å². The van der Waals surface area contributed by atoms with Gasteiger partial charge in [0.2, 0.25) is 0 Å². The number of fused-ring (bicyclic) bond motifs is 1. The maximum absolute atomic E-state index is 13.1. The number of rotatable bonds is 4. The standard InChI is InChI=1S/C20H27N5O2S/c1-12-8-14(13(2)23-28(27)20(3,4)5)17-15(9-12)19(26)25(7)18(22-17)16-10-21-11-24(16)6/h8-11,13,23H,1-7H3/t13-,28-/m1/s1. The zero-order valence-corrected chi connectivity index (χ0v) is 18.2. The van der Waals surface area contributed by atoms with Crippen molar-refractivity contribution < 1.29 is 4.55 Å². The molecule has 0 bridgehead atoms. The Labute approximate surface area is 168 Å². The molecule has 1 aromatic carbocycles. The Bertz CT molecular complexity index is 1080. The maximum Gasteiger partial charge on any atom is 0.261 e. The van der Waals surface area contributed by atoms with Gasteiger partial charge in [-0.1, -0.05) is 6.07 Å². The molecule has 7 nitrogen and oxygen atoms in total. The van der Waals surface area contributed by atoms with E-state index in [0.29, 0.717) is 16.7 Å². The molecule has 0 unspecified atom stereocenters. The molecule has 1 N–H and O–H groups in total. The first-order valence-corrected chi connectivity index (χ1v) is 10.3. The van der Waals surface area contributed by atoms with Crippen molar-refractivity contribution in [2.24, 2.45) is 14.1 Å². The molecule has 2 heterocycles. The van der Waals surface area contributed by atoms with E-state index in [2.05, 4.69) is 9.71 Å². The van der Waals surface area contributed by atoms with Crippen LogP contribution in [0.4, 0.5) is 0 Å². The Hall–Kier alpha value is -2.16. The van der Waals surface area contributed by atoms with Crippen molar-refractivity contribution in [2.45, 2.75) is 45.4 Å². The number of aromatic nitrogens is 4. The summed E-state index contributed by atoms with van der Waals surface area (Å²) in [5.74, 6) is 0.548. The molecular formula is C20H27N5O2S.